The summed E-state index contributed by atoms with van der Waals surface area (Å²) in [6.07, 6.45) is 0. The number of carbonyl (C=O) groups is 2. The number of hydrogen-bond acceptors (Lipinski definition) is 4. The zero-order valence-corrected chi connectivity index (χ0v) is 18.3. The van der Waals surface area contributed by atoms with Crippen LogP contribution in [0.25, 0.3) is 22.2 Å². The first-order valence-electron chi connectivity index (χ1n) is 10.4. The molecule has 1 aromatic heterocycles. The standard InChI is InChI=1S/C27H24N2O3/c1-17-8-11-20(12-9-17)25-15-23(22-6-4-5-7-24(22)29-25)27(31)32-16-26(30)28-21-13-10-18(2)19(3)14-21/h4-15H,16H2,1-3H3,(H,28,30). The molecule has 5 nitrogen and oxygen atoms in total. The number of aromatic nitrogens is 1. The summed E-state index contributed by atoms with van der Waals surface area (Å²) in [4.78, 5) is 29.9. The number of nitrogens with one attached hydrogen (secondary N) is 1. The lowest BCUT2D eigenvalue weighted by Crippen LogP contribution is -2.21. The first-order chi connectivity index (χ1) is 15.4. The van der Waals surface area contributed by atoms with E-state index in [1.165, 1.54) is 0 Å². The number of ether oxygens (including phenoxy) is 1. The minimum Gasteiger partial charge on any atom is -0.452 e. The third-order valence-corrected chi connectivity index (χ3v) is 5.41. The smallest absolute Gasteiger partial charge is 0.339 e. The van der Waals surface area contributed by atoms with Gasteiger partial charge in [-0.1, -0.05) is 54.1 Å². The minimum absolute atomic E-state index is 0.373. The average Bonchev–Trinajstić information content (AvgIpc) is 2.79. The number of anilines is 1. The van der Waals surface area contributed by atoms with Gasteiger partial charge in [0.05, 0.1) is 16.8 Å². The van der Waals surface area contributed by atoms with Crippen LogP contribution in [0.2, 0.25) is 0 Å². The third-order valence-electron chi connectivity index (χ3n) is 5.41. The molecule has 0 spiro atoms. The number of nitrogens with zero attached hydrogens (tertiary/aromatic N) is 1. The zero-order valence-electron chi connectivity index (χ0n) is 18.3. The Bertz CT molecular complexity index is 1310. The summed E-state index contributed by atoms with van der Waals surface area (Å²) in [7, 11) is 0. The summed E-state index contributed by atoms with van der Waals surface area (Å²) in [6, 6.07) is 22.7. The van der Waals surface area contributed by atoms with E-state index < -0.39 is 11.9 Å². The monoisotopic (exact) mass is 424 g/mol. The maximum Gasteiger partial charge on any atom is 0.339 e. The lowest BCUT2D eigenvalue weighted by atomic mass is 10.0. The minimum atomic E-state index is -0.563. The Hall–Kier alpha value is -3.99. The van der Waals surface area contributed by atoms with Gasteiger partial charge in [-0.25, -0.2) is 9.78 Å². The molecule has 0 unspecified atom stereocenters. The molecule has 32 heavy (non-hydrogen) atoms. The molecule has 0 aliphatic carbocycles. The Labute approximate surface area is 187 Å². The molecule has 0 aliphatic heterocycles. The van der Waals surface area contributed by atoms with Gasteiger partial charge in [0.25, 0.3) is 5.91 Å². The number of esters is 1. The van der Waals surface area contributed by atoms with Crippen LogP contribution >= 0.6 is 0 Å². The zero-order chi connectivity index (χ0) is 22.7. The summed E-state index contributed by atoms with van der Waals surface area (Å²) < 4.78 is 5.36. The molecule has 160 valence electrons. The van der Waals surface area contributed by atoms with Crippen LogP contribution in [0.5, 0.6) is 0 Å². The lowest BCUT2D eigenvalue weighted by molar-refractivity contribution is -0.119. The van der Waals surface area contributed by atoms with Crippen LogP contribution in [-0.2, 0) is 9.53 Å². The topological polar surface area (TPSA) is 68.3 Å². The van der Waals surface area contributed by atoms with Crippen LogP contribution in [0, 0.1) is 20.8 Å². The fourth-order valence-electron chi connectivity index (χ4n) is 3.44. The van der Waals surface area contributed by atoms with E-state index in [2.05, 4.69) is 5.32 Å². The van der Waals surface area contributed by atoms with E-state index in [-0.39, 0.29) is 6.61 Å². The number of hydrogen-bond donors (Lipinski definition) is 1. The maximum atomic E-state index is 12.9. The highest BCUT2D eigenvalue weighted by Gasteiger charge is 2.16. The average molecular weight is 425 g/mol. The van der Waals surface area contributed by atoms with E-state index in [1.54, 1.807) is 6.07 Å². The highest BCUT2D eigenvalue weighted by molar-refractivity contribution is 6.05. The van der Waals surface area contributed by atoms with Crippen LogP contribution in [0.3, 0.4) is 0 Å². The van der Waals surface area contributed by atoms with Gasteiger partial charge >= 0.3 is 5.97 Å². The second-order valence-corrected chi connectivity index (χ2v) is 7.86. The van der Waals surface area contributed by atoms with E-state index in [0.717, 1.165) is 22.3 Å². The Morgan fingerprint density at radius 1 is 0.875 bits per heavy atom. The van der Waals surface area contributed by atoms with Crippen molar-refractivity contribution in [1.82, 2.24) is 4.98 Å². The van der Waals surface area contributed by atoms with Gasteiger partial charge in [0.15, 0.2) is 6.61 Å². The molecular weight excluding hydrogens is 400 g/mol. The summed E-state index contributed by atoms with van der Waals surface area (Å²) in [5.41, 5.74) is 6.68. The van der Waals surface area contributed by atoms with Crippen molar-refractivity contribution in [3.8, 4) is 11.3 Å². The molecule has 4 aromatic rings. The number of fused-ring (bicyclic) bond motifs is 1. The second kappa shape index (κ2) is 9.02. The van der Waals surface area contributed by atoms with Gasteiger partial charge in [-0.15, -0.1) is 0 Å². The summed E-state index contributed by atoms with van der Waals surface area (Å²) in [5.74, 6) is -0.953. The van der Waals surface area contributed by atoms with E-state index in [9.17, 15) is 9.59 Å². The number of aryl methyl sites for hydroxylation is 3. The molecule has 1 amide bonds. The van der Waals surface area contributed by atoms with Crippen LogP contribution in [-0.4, -0.2) is 23.5 Å². The molecule has 1 N–H and O–H groups in total. The first kappa shape index (κ1) is 21.2. The van der Waals surface area contributed by atoms with Crippen LogP contribution in [0.4, 0.5) is 5.69 Å². The number of pyridine rings is 1. The summed E-state index contributed by atoms with van der Waals surface area (Å²) in [6.45, 7) is 5.63. The van der Waals surface area contributed by atoms with Crippen molar-refractivity contribution in [3.05, 3.63) is 95.1 Å². The van der Waals surface area contributed by atoms with Crippen molar-refractivity contribution in [2.24, 2.45) is 0 Å². The molecule has 0 bridgehead atoms. The fourth-order valence-corrected chi connectivity index (χ4v) is 3.44. The Kier molecular flexibility index (Phi) is 5.99. The number of amides is 1. The van der Waals surface area contributed by atoms with Crippen LogP contribution in [0.1, 0.15) is 27.0 Å². The Morgan fingerprint density at radius 3 is 2.38 bits per heavy atom. The molecule has 0 aliphatic rings. The predicted octanol–water partition coefficient (Wildman–Crippen LogP) is 5.62. The highest BCUT2D eigenvalue weighted by atomic mass is 16.5. The normalized spacial score (nSPS) is 10.7. The van der Waals surface area contributed by atoms with Gasteiger partial charge in [-0.2, -0.15) is 0 Å². The van der Waals surface area contributed by atoms with Crippen molar-refractivity contribution in [2.45, 2.75) is 20.8 Å². The first-order valence-corrected chi connectivity index (χ1v) is 10.4. The van der Waals surface area contributed by atoms with Gasteiger partial charge in [0.2, 0.25) is 0 Å². The molecule has 0 saturated carbocycles. The highest BCUT2D eigenvalue weighted by Crippen LogP contribution is 2.26. The lowest BCUT2D eigenvalue weighted by Gasteiger charge is -2.11. The van der Waals surface area contributed by atoms with Gasteiger partial charge in [0.1, 0.15) is 0 Å². The van der Waals surface area contributed by atoms with E-state index in [1.807, 2.05) is 87.5 Å². The number of para-hydroxylation sites is 1. The molecule has 5 heteroatoms. The van der Waals surface area contributed by atoms with Gasteiger partial charge in [0, 0.05) is 16.6 Å². The molecule has 3 aromatic carbocycles. The number of benzene rings is 3. The molecule has 0 saturated heterocycles. The molecule has 0 atom stereocenters. The maximum absolute atomic E-state index is 12.9. The SMILES string of the molecule is Cc1ccc(-c2cc(C(=O)OCC(=O)Nc3ccc(C)c(C)c3)c3ccccc3n2)cc1. The van der Waals surface area contributed by atoms with Crippen molar-refractivity contribution in [2.75, 3.05) is 11.9 Å². The predicted molar refractivity (Wildman–Crippen MR) is 127 cm³/mol. The van der Waals surface area contributed by atoms with Gasteiger partial charge in [-0.3, -0.25) is 4.79 Å². The van der Waals surface area contributed by atoms with Gasteiger partial charge < -0.3 is 10.1 Å². The van der Waals surface area contributed by atoms with E-state index in [4.69, 9.17) is 9.72 Å². The molecule has 0 fully saturated rings. The van der Waals surface area contributed by atoms with Crippen LogP contribution in [0.15, 0.2) is 72.8 Å². The summed E-state index contributed by atoms with van der Waals surface area (Å²) >= 11 is 0. The van der Waals surface area contributed by atoms with Gasteiger partial charge in [-0.05, 0) is 56.2 Å². The second-order valence-electron chi connectivity index (χ2n) is 7.86. The largest absolute Gasteiger partial charge is 0.452 e. The van der Waals surface area contributed by atoms with E-state index >= 15 is 0 Å². The van der Waals surface area contributed by atoms with Crippen molar-refractivity contribution < 1.29 is 14.3 Å². The molecule has 4 rings (SSSR count). The summed E-state index contributed by atoms with van der Waals surface area (Å²) in [5, 5.41) is 3.45. The van der Waals surface area contributed by atoms with Crippen molar-refractivity contribution in [1.29, 1.82) is 0 Å². The molecule has 0 radical (unpaired) electrons. The number of rotatable bonds is 5. The molecular formula is C27H24N2O3. The Balaban J connectivity index is 1.55. The van der Waals surface area contributed by atoms with E-state index in [0.29, 0.717) is 27.8 Å². The quantitative estimate of drug-likeness (QED) is 0.422. The fraction of sp³-hybridized carbons (Fsp3) is 0.148. The van der Waals surface area contributed by atoms with Crippen molar-refractivity contribution >= 4 is 28.5 Å². The Morgan fingerprint density at radius 2 is 1.62 bits per heavy atom. The molecule has 1 heterocycles. The van der Waals surface area contributed by atoms with Crippen LogP contribution < -0.4 is 5.32 Å². The number of carbonyl (C=O) groups excluding carboxylic acids is 2. The van der Waals surface area contributed by atoms with Crippen molar-refractivity contribution in [3.63, 3.8) is 0 Å². The third kappa shape index (κ3) is 4.67.